The van der Waals surface area contributed by atoms with Crippen LogP contribution in [0.1, 0.15) is 101 Å². The average molecular weight is 378 g/mol. The molecule has 1 aromatic rings. The summed E-state index contributed by atoms with van der Waals surface area (Å²) in [4.78, 5) is 12.2. The lowest BCUT2D eigenvalue weighted by Gasteiger charge is -2.16. The molecule has 1 amide bonds. The molecule has 0 aliphatic carbocycles. The second kappa shape index (κ2) is 12.6. The fourth-order valence-corrected chi connectivity index (χ4v) is 3.42. The third-order valence-electron chi connectivity index (χ3n) is 5.51. The highest BCUT2D eigenvalue weighted by Gasteiger charge is 2.17. The Balaban J connectivity index is 2.22. The topological polar surface area (TPSA) is 69.6 Å². The van der Waals surface area contributed by atoms with E-state index in [2.05, 4.69) is 12.2 Å². The fourth-order valence-electron chi connectivity index (χ4n) is 3.42. The summed E-state index contributed by atoms with van der Waals surface area (Å²) in [5.74, 6) is 0.0809. The van der Waals surface area contributed by atoms with Crippen molar-refractivity contribution in [2.75, 3.05) is 5.32 Å². The van der Waals surface area contributed by atoms with Crippen molar-refractivity contribution in [3.05, 3.63) is 16.7 Å². The molecule has 0 aromatic heterocycles. The van der Waals surface area contributed by atoms with Gasteiger partial charge in [0.2, 0.25) is 5.91 Å². The number of phenolic OH excluding ortho intramolecular Hbond substituents is 2. The van der Waals surface area contributed by atoms with E-state index in [9.17, 15) is 15.0 Å². The van der Waals surface area contributed by atoms with Crippen LogP contribution in [0.5, 0.6) is 11.5 Å². The zero-order chi connectivity index (χ0) is 20.2. The zero-order valence-electron chi connectivity index (χ0n) is 17.8. The van der Waals surface area contributed by atoms with Crippen molar-refractivity contribution in [1.29, 1.82) is 0 Å². The minimum Gasteiger partial charge on any atom is -0.507 e. The number of hydrogen-bond donors (Lipinski definition) is 3. The number of aromatic hydroxyl groups is 2. The number of hydrogen-bond acceptors (Lipinski definition) is 3. The first-order valence-corrected chi connectivity index (χ1v) is 10.7. The normalized spacial score (nSPS) is 11.0. The molecule has 0 unspecified atom stereocenters. The van der Waals surface area contributed by atoms with Crippen molar-refractivity contribution in [1.82, 2.24) is 0 Å². The standard InChI is InChI=1S/C23H39NO3/c1-5-6-7-8-9-10-11-12-13-14-15-16-20(25)24-21-19(4)22(26)17(2)18(3)23(21)27/h26-27H,5-16H2,1-4H3,(H,24,25). The summed E-state index contributed by atoms with van der Waals surface area (Å²) < 4.78 is 0. The molecule has 0 heterocycles. The van der Waals surface area contributed by atoms with Gasteiger partial charge in [0.25, 0.3) is 0 Å². The van der Waals surface area contributed by atoms with Crippen molar-refractivity contribution in [2.45, 2.75) is 105 Å². The maximum absolute atomic E-state index is 12.2. The van der Waals surface area contributed by atoms with E-state index in [1.165, 1.54) is 57.8 Å². The summed E-state index contributed by atoms with van der Waals surface area (Å²) in [6, 6.07) is 0. The molecule has 154 valence electrons. The predicted molar refractivity (Wildman–Crippen MR) is 114 cm³/mol. The van der Waals surface area contributed by atoms with E-state index in [0.717, 1.165) is 12.8 Å². The number of phenols is 2. The summed E-state index contributed by atoms with van der Waals surface area (Å²) in [6.07, 6.45) is 14.2. The highest BCUT2D eigenvalue weighted by atomic mass is 16.3. The van der Waals surface area contributed by atoms with E-state index in [-0.39, 0.29) is 17.4 Å². The number of nitrogens with one attached hydrogen (secondary N) is 1. The molecule has 27 heavy (non-hydrogen) atoms. The van der Waals surface area contributed by atoms with Gasteiger partial charge in [-0.1, -0.05) is 71.1 Å². The van der Waals surface area contributed by atoms with Gasteiger partial charge < -0.3 is 15.5 Å². The SMILES string of the molecule is CCCCCCCCCCCCCC(=O)Nc1c(C)c(O)c(C)c(C)c1O. The lowest BCUT2D eigenvalue weighted by Crippen LogP contribution is -2.13. The Morgan fingerprint density at radius 2 is 1.15 bits per heavy atom. The highest BCUT2D eigenvalue weighted by Crippen LogP contribution is 2.40. The van der Waals surface area contributed by atoms with E-state index >= 15 is 0 Å². The summed E-state index contributed by atoms with van der Waals surface area (Å²) in [5, 5.41) is 23.2. The molecule has 0 saturated carbocycles. The number of anilines is 1. The molecule has 0 bridgehead atoms. The fraction of sp³-hybridized carbons (Fsp3) is 0.696. The van der Waals surface area contributed by atoms with Crippen LogP contribution in [0.15, 0.2) is 0 Å². The molecule has 0 aliphatic rings. The lowest BCUT2D eigenvalue weighted by atomic mass is 10.0. The minimum atomic E-state index is -0.105. The van der Waals surface area contributed by atoms with E-state index in [4.69, 9.17) is 0 Å². The number of carbonyl (C=O) groups excluding carboxylic acids is 1. The Hall–Kier alpha value is -1.71. The Morgan fingerprint density at radius 3 is 1.67 bits per heavy atom. The third-order valence-corrected chi connectivity index (χ3v) is 5.51. The van der Waals surface area contributed by atoms with Crippen LogP contribution >= 0.6 is 0 Å². The molecule has 0 saturated heterocycles. The van der Waals surface area contributed by atoms with Crippen LogP contribution in [-0.4, -0.2) is 16.1 Å². The molecular weight excluding hydrogens is 338 g/mol. The van der Waals surface area contributed by atoms with E-state index < -0.39 is 0 Å². The molecule has 1 aromatic carbocycles. The van der Waals surface area contributed by atoms with Crippen LogP contribution in [-0.2, 0) is 4.79 Å². The Morgan fingerprint density at radius 1 is 0.704 bits per heavy atom. The Labute approximate surface area is 165 Å². The molecule has 4 nitrogen and oxygen atoms in total. The summed E-state index contributed by atoms with van der Waals surface area (Å²) in [5.41, 5.74) is 2.10. The first-order valence-electron chi connectivity index (χ1n) is 10.7. The Bertz CT molecular complexity index is 567. The largest absolute Gasteiger partial charge is 0.507 e. The highest BCUT2D eigenvalue weighted by molar-refractivity contribution is 5.94. The first-order chi connectivity index (χ1) is 12.9. The molecule has 1 rings (SSSR count). The number of amides is 1. The van der Waals surface area contributed by atoms with Crippen molar-refractivity contribution in [3.8, 4) is 11.5 Å². The van der Waals surface area contributed by atoms with Crippen molar-refractivity contribution >= 4 is 11.6 Å². The molecule has 0 fully saturated rings. The summed E-state index contributed by atoms with van der Waals surface area (Å²) in [6.45, 7) is 7.45. The van der Waals surface area contributed by atoms with Crippen LogP contribution in [0.2, 0.25) is 0 Å². The molecular formula is C23H39NO3. The van der Waals surface area contributed by atoms with Gasteiger partial charge in [-0.25, -0.2) is 0 Å². The maximum Gasteiger partial charge on any atom is 0.224 e. The third kappa shape index (κ3) is 7.82. The van der Waals surface area contributed by atoms with Crippen molar-refractivity contribution in [2.24, 2.45) is 0 Å². The number of unbranched alkanes of at least 4 members (excludes halogenated alkanes) is 10. The van der Waals surface area contributed by atoms with E-state index in [0.29, 0.717) is 28.8 Å². The molecule has 0 aliphatic heterocycles. The second-order valence-corrected chi connectivity index (χ2v) is 7.78. The van der Waals surface area contributed by atoms with Gasteiger partial charge in [-0.05, 0) is 38.3 Å². The van der Waals surface area contributed by atoms with Gasteiger partial charge >= 0.3 is 0 Å². The number of carbonyl (C=O) groups is 1. The van der Waals surface area contributed by atoms with Crippen LogP contribution in [0.4, 0.5) is 5.69 Å². The van der Waals surface area contributed by atoms with Crippen LogP contribution in [0.25, 0.3) is 0 Å². The number of benzene rings is 1. The average Bonchev–Trinajstić information content (AvgIpc) is 2.66. The predicted octanol–water partition coefficient (Wildman–Crippen LogP) is 6.66. The molecule has 0 atom stereocenters. The molecule has 0 radical (unpaired) electrons. The van der Waals surface area contributed by atoms with Gasteiger partial charge in [0.15, 0.2) is 0 Å². The van der Waals surface area contributed by atoms with Gasteiger partial charge in [-0.3, -0.25) is 4.79 Å². The summed E-state index contributed by atoms with van der Waals surface area (Å²) >= 11 is 0. The number of rotatable bonds is 13. The van der Waals surface area contributed by atoms with E-state index in [1.807, 2.05) is 0 Å². The van der Waals surface area contributed by atoms with Crippen LogP contribution in [0, 0.1) is 20.8 Å². The van der Waals surface area contributed by atoms with Gasteiger partial charge in [0.1, 0.15) is 11.5 Å². The minimum absolute atomic E-state index is 0.0510. The maximum atomic E-state index is 12.2. The summed E-state index contributed by atoms with van der Waals surface area (Å²) in [7, 11) is 0. The second-order valence-electron chi connectivity index (χ2n) is 7.78. The van der Waals surface area contributed by atoms with Crippen molar-refractivity contribution < 1.29 is 15.0 Å². The zero-order valence-corrected chi connectivity index (χ0v) is 17.8. The first kappa shape index (κ1) is 23.3. The van der Waals surface area contributed by atoms with Gasteiger partial charge in [-0.2, -0.15) is 0 Å². The van der Waals surface area contributed by atoms with Gasteiger partial charge in [0.05, 0.1) is 5.69 Å². The lowest BCUT2D eigenvalue weighted by molar-refractivity contribution is -0.116. The van der Waals surface area contributed by atoms with Crippen LogP contribution < -0.4 is 5.32 Å². The molecule has 3 N–H and O–H groups in total. The van der Waals surface area contributed by atoms with E-state index in [1.54, 1.807) is 20.8 Å². The van der Waals surface area contributed by atoms with Gasteiger partial charge in [0, 0.05) is 12.0 Å². The van der Waals surface area contributed by atoms with Gasteiger partial charge in [-0.15, -0.1) is 0 Å². The quantitative estimate of drug-likeness (QED) is 0.204. The monoisotopic (exact) mass is 377 g/mol. The van der Waals surface area contributed by atoms with Crippen LogP contribution in [0.3, 0.4) is 0 Å². The Kier molecular flexibility index (Phi) is 10.9. The van der Waals surface area contributed by atoms with Crippen molar-refractivity contribution in [3.63, 3.8) is 0 Å². The molecule has 4 heteroatoms. The smallest absolute Gasteiger partial charge is 0.224 e. The molecule has 0 spiro atoms.